The smallest absolute Gasteiger partial charge is 0.215 e. The first-order valence-electron chi connectivity index (χ1n) is 4.79. The van der Waals surface area contributed by atoms with Gasteiger partial charge in [0.25, 0.3) is 0 Å². The molecule has 0 fully saturated rings. The Morgan fingerprint density at radius 2 is 1.93 bits per heavy atom. The zero-order chi connectivity index (χ0) is 10.4. The minimum atomic E-state index is 0. The molecule has 4 heteroatoms. The summed E-state index contributed by atoms with van der Waals surface area (Å²) in [5.74, 6) is 1.47. The van der Waals surface area contributed by atoms with Crippen LogP contribution in [0.1, 0.15) is 19.4 Å². The topological polar surface area (TPSA) is 18.5 Å². The van der Waals surface area contributed by atoms with Crippen molar-refractivity contribution >= 4 is 26.0 Å². The number of benzene rings is 1. The molecule has 0 aliphatic carbocycles. The van der Waals surface area contributed by atoms with Crippen LogP contribution in [0.25, 0.3) is 0 Å². The normalized spacial score (nSPS) is 10.7. The van der Waals surface area contributed by atoms with Crippen molar-refractivity contribution in [3.05, 3.63) is 29.8 Å². The Morgan fingerprint density at radius 3 is 2.53 bits per heavy atom. The Morgan fingerprint density at radius 1 is 1.27 bits per heavy atom. The molecule has 0 spiro atoms. The first-order valence-corrected chi connectivity index (χ1v) is 5.61. The average Bonchev–Trinajstić information content (AvgIpc) is 2.15. The lowest BCUT2D eigenvalue weighted by atomic mass is 10.2. The SMILES string of the molecule is Br.Cc1ccccc1OPOCC(C)C. The van der Waals surface area contributed by atoms with Crippen molar-refractivity contribution in [2.75, 3.05) is 6.61 Å². The summed E-state index contributed by atoms with van der Waals surface area (Å²) >= 11 is 0. The largest absolute Gasteiger partial charge is 0.449 e. The van der Waals surface area contributed by atoms with E-state index in [1.165, 1.54) is 0 Å². The van der Waals surface area contributed by atoms with Crippen molar-refractivity contribution in [1.29, 1.82) is 0 Å². The van der Waals surface area contributed by atoms with Crippen molar-refractivity contribution in [2.45, 2.75) is 20.8 Å². The van der Waals surface area contributed by atoms with E-state index in [2.05, 4.69) is 13.8 Å². The predicted molar refractivity (Wildman–Crippen MR) is 71.2 cm³/mol. The van der Waals surface area contributed by atoms with Gasteiger partial charge in [-0.1, -0.05) is 32.0 Å². The van der Waals surface area contributed by atoms with Crippen LogP contribution in [0.5, 0.6) is 5.75 Å². The first-order chi connectivity index (χ1) is 6.70. The van der Waals surface area contributed by atoms with Gasteiger partial charge in [0.05, 0.1) is 6.61 Å². The summed E-state index contributed by atoms with van der Waals surface area (Å²) < 4.78 is 10.9. The van der Waals surface area contributed by atoms with E-state index >= 15 is 0 Å². The fourth-order valence-corrected chi connectivity index (χ4v) is 1.73. The van der Waals surface area contributed by atoms with E-state index in [1.807, 2.05) is 31.2 Å². The second-order valence-corrected chi connectivity index (χ2v) is 4.32. The van der Waals surface area contributed by atoms with Crippen molar-refractivity contribution in [3.63, 3.8) is 0 Å². The Labute approximate surface area is 104 Å². The third kappa shape index (κ3) is 6.14. The summed E-state index contributed by atoms with van der Waals surface area (Å²) in [4.78, 5) is 0. The second kappa shape index (κ2) is 8.09. The monoisotopic (exact) mass is 292 g/mol. The number of rotatable bonds is 5. The standard InChI is InChI=1S/C11H17O2P.BrH/c1-9(2)8-12-14-13-11-7-5-4-6-10(11)3;/h4-7,9,14H,8H2,1-3H3;1H. The van der Waals surface area contributed by atoms with Crippen LogP contribution in [0.3, 0.4) is 0 Å². The Hall–Kier alpha value is -0.110. The number of hydrogen-bond donors (Lipinski definition) is 0. The van der Waals surface area contributed by atoms with Gasteiger partial charge in [-0.15, -0.1) is 17.0 Å². The van der Waals surface area contributed by atoms with E-state index in [4.69, 9.17) is 9.05 Å². The molecule has 1 atom stereocenters. The lowest BCUT2D eigenvalue weighted by molar-refractivity contribution is 0.283. The minimum absolute atomic E-state index is 0. The molecule has 0 heterocycles. The lowest BCUT2D eigenvalue weighted by Gasteiger charge is -2.09. The molecule has 0 N–H and O–H groups in total. The zero-order valence-corrected chi connectivity index (χ0v) is 12.0. The third-order valence-electron chi connectivity index (χ3n) is 1.72. The summed E-state index contributed by atoms with van der Waals surface area (Å²) in [5, 5.41) is 0. The van der Waals surface area contributed by atoms with E-state index in [0.717, 1.165) is 17.9 Å². The molecule has 0 aliphatic rings. The van der Waals surface area contributed by atoms with Crippen LogP contribution >= 0.6 is 26.0 Å². The molecule has 2 nitrogen and oxygen atoms in total. The maximum absolute atomic E-state index is 5.49. The maximum Gasteiger partial charge on any atom is 0.215 e. The molecule has 0 saturated heterocycles. The van der Waals surface area contributed by atoms with E-state index < -0.39 is 0 Å². The minimum Gasteiger partial charge on any atom is -0.449 e. The van der Waals surface area contributed by atoms with Gasteiger partial charge in [-0.25, -0.2) is 0 Å². The fraction of sp³-hybridized carbons (Fsp3) is 0.455. The van der Waals surface area contributed by atoms with Crippen LogP contribution < -0.4 is 4.52 Å². The summed E-state index contributed by atoms with van der Waals surface area (Å²) in [6.45, 7) is 7.03. The summed E-state index contributed by atoms with van der Waals surface area (Å²) in [6, 6.07) is 7.96. The molecular weight excluding hydrogens is 275 g/mol. The molecular formula is C11H18BrO2P. The van der Waals surface area contributed by atoms with Gasteiger partial charge >= 0.3 is 0 Å². The molecule has 0 radical (unpaired) electrons. The van der Waals surface area contributed by atoms with E-state index in [0.29, 0.717) is 5.92 Å². The molecule has 1 rings (SSSR count). The first kappa shape index (κ1) is 14.9. The van der Waals surface area contributed by atoms with Gasteiger partial charge in [-0.3, -0.25) is 0 Å². The van der Waals surface area contributed by atoms with Crippen LogP contribution in [-0.2, 0) is 4.52 Å². The predicted octanol–water partition coefficient (Wildman–Crippen LogP) is 4.13. The highest BCUT2D eigenvalue weighted by Crippen LogP contribution is 2.25. The Kier molecular flexibility index (Phi) is 8.03. The highest BCUT2D eigenvalue weighted by molar-refractivity contribution is 8.93. The zero-order valence-electron chi connectivity index (χ0n) is 9.32. The maximum atomic E-state index is 5.49. The quantitative estimate of drug-likeness (QED) is 0.600. The van der Waals surface area contributed by atoms with Crippen molar-refractivity contribution < 1.29 is 9.05 Å². The van der Waals surface area contributed by atoms with E-state index in [9.17, 15) is 0 Å². The van der Waals surface area contributed by atoms with Crippen LogP contribution in [0.2, 0.25) is 0 Å². The van der Waals surface area contributed by atoms with Gasteiger partial charge in [0.15, 0.2) is 0 Å². The van der Waals surface area contributed by atoms with Crippen LogP contribution in [0.4, 0.5) is 0 Å². The highest BCUT2D eigenvalue weighted by Gasteiger charge is 1.98. The number of hydrogen-bond acceptors (Lipinski definition) is 2. The number of halogens is 1. The molecule has 1 aromatic rings. The summed E-state index contributed by atoms with van der Waals surface area (Å²) in [7, 11) is 0.0988. The number of para-hydroxylation sites is 1. The molecule has 0 aliphatic heterocycles. The Bertz CT molecular complexity index is 279. The highest BCUT2D eigenvalue weighted by atomic mass is 79.9. The van der Waals surface area contributed by atoms with Gasteiger partial charge in [0.2, 0.25) is 9.03 Å². The molecule has 86 valence electrons. The average molecular weight is 293 g/mol. The number of aryl methyl sites for hydroxylation is 1. The Balaban J connectivity index is 0.00000196. The van der Waals surface area contributed by atoms with Crippen molar-refractivity contribution in [3.8, 4) is 5.75 Å². The molecule has 0 bridgehead atoms. The van der Waals surface area contributed by atoms with Gasteiger partial charge in [0.1, 0.15) is 5.75 Å². The van der Waals surface area contributed by atoms with E-state index in [1.54, 1.807) is 0 Å². The van der Waals surface area contributed by atoms with Crippen LogP contribution in [-0.4, -0.2) is 6.61 Å². The van der Waals surface area contributed by atoms with Crippen molar-refractivity contribution in [1.82, 2.24) is 0 Å². The fourth-order valence-electron chi connectivity index (χ4n) is 0.946. The lowest BCUT2D eigenvalue weighted by Crippen LogP contribution is -1.96. The van der Waals surface area contributed by atoms with Gasteiger partial charge in [-0.2, -0.15) is 0 Å². The third-order valence-corrected chi connectivity index (χ3v) is 2.31. The van der Waals surface area contributed by atoms with Gasteiger partial charge < -0.3 is 9.05 Å². The van der Waals surface area contributed by atoms with Crippen LogP contribution in [0.15, 0.2) is 24.3 Å². The molecule has 15 heavy (non-hydrogen) atoms. The molecule has 1 unspecified atom stereocenters. The summed E-state index contributed by atoms with van der Waals surface area (Å²) in [6.07, 6.45) is 0. The van der Waals surface area contributed by atoms with Crippen molar-refractivity contribution in [2.24, 2.45) is 5.92 Å². The molecule has 0 aromatic heterocycles. The van der Waals surface area contributed by atoms with Crippen LogP contribution in [0, 0.1) is 12.8 Å². The van der Waals surface area contributed by atoms with Gasteiger partial charge in [-0.05, 0) is 24.5 Å². The van der Waals surface area contributed by atoms with Gasteiger partial charge in [0, 0.05) is 0 Å². The van der Waals surface area contributed by atoms with E-state index in [-0.39, 0.29) is 26.0 Å². The summed E-state index contributed by atoms with van der Waals surface area (Å²) in [5.41, 5.74) is 1.15. The molecule has 0 amide bonds. The molecule has 0 saturated carbocycles. The second-order valence-electron chi connectivity index (χ2n) is 3.66. The molecule has 1 aromatic carbocycles.